The summed E-state index contributed by atoms with van der Waals surface area (Å²) in [6.45, 7) is 2.07. The van der Waals surface area contributed by atoms with Crippen LogP contribution in [0.2, 0.25) is 0 Å². The van der Waals surface area contributed by atoms with Crippen LogP contribution in [-0.2, 0) is 6.42 Å². The van der Waals surface area contributed by atoms with Crippen LogP contribution in [0.25, 0.3) is 0 Å². The summed E-state index contributed by atoms with van der Waals surface area (Å²) < 4.78 is 5.58. The van der Waals surface area contributed by atoms with Crippen molar-refractivity contribution in [1.82, 2.24) is 5.32 Å². The normalized spacial score (nSPS) is 12.4. The van der Waals surface area contributed by atoms with Crippen LogP contribution in [0.3, 0.4) is 0 Å². The molecule has 0 aromatic carbocycles. The number of terminal acetylenes is 1. The lowest BCUT2D eigenvalue weighted by Gasteiger charge is -2.09. The highest BCUT2D eigenvalue weighted by Gasteiger charge is 2.11. The smallest absolute Gasteiger partial charge is 0.122 e. The van der Waals surface area contributed by atoms with Crippen molar-refractivity contribution in [3.8, 4) is 12.3 Å². The molecule has 0 aliphatic heterocycles. The molecule has 1 aromatic rings. The molecule has 2 heteroatoms. The standard InChI is InChI=1S/C11H15NO/c1-4-6-10(12-3)11-8-7-9(5-2)13-11/h1,7-8,10,12H,5-6H2,2-3H3. The molecule has 2 nitrogen and oxygen atoms in total. The highest BCUT2D eigenvalue weighted by atomic mass is 16.3. The van der Waals surface area contributed by atoms with Crippen LogP contribution in [0, 0.1) is 12.3 Å². The van der Waals surface area contributed by atoms with Gasteiger partial charge in [-0.05, 0) is 19.2 Å². The van der Waals surface area contributed by atoms with Crippen molar-refractivity contribution in [1.29, 1.82) is 0 Å². The Hall–Kier alpha value is -1.20. The van der Waals surface area contributed by atoms with Crippen LogP contribution in [0.15, 0.2) is 16.5 Å². The van der Waals surface area contributed by atoms with Crippen molar-refractivity contribution in [3.05, 3.63) is 23.7 Å². The van der Waals surface area contributed by atoms with E-state index in [9.17, 15) is 0 Å². The molecule has 1 rings (SSSR count). The summed E-state index contributed by atoms with van der Waals surface area (Å²) in [5.74, 6) is 4.56. The van der Waals surface area contributed by atoms with Crippen molar-refractivity contribution in [2.75, 3.05) is 7.05 Å². The van der Waals surface area contributed by atoms with Crippen LogP contribution in [0.1, 0.15) is 30.9 Å². The van der Waals surface area contributed by atoms with E-state index in [0.29, 0.717) is 6.42 Å². The summed E-state index contributed by atoms with van der Waals surface area (Å²) in [7, 11) is 1.89. The Morgan fingerprint density at radius 1 is 1.62 bits per heavy atom. The van der Waals surface area contributed by atoms with Crippen LogP contribution >= 0.6 is 0 Å². The van der Waals surface area contributed by atoms with Gasteiger partial charge in [0, 0.05) is 12.8 Å². The van der Waals surface area contributed by atoms with E-state index >= 15 is 0 Å². The first-order chi connectivity index (χ1) is 6.31. The summed E-state index contributed by atoms with van der Waals surface area (Å²) in [5, 5.41) is 3.12. The third-order valence-electron chi connectivity index (χ3n) is 2.04. The van der Waals surface area contributed by atoms with Crippen LogP contribution < -0.4 is 5.32 Å². The molecule has 1 aromatic heterocycles. The van der Waals surface area contributed by atoms with Crippen LogP contribution in [-0.4, -0.2) is 7.05 Å². The fraction of sp³-hybridized carbons (Fsp3) is 0.455. The van der Waals surface area contributed by atoms with Crippen LogP contribution in [0.4, 0.5) is 0 Å². The minimum absolute atomic E-state index is 0.144. The molecule has 0 saturated carbocycles. The lowest BCUT2D eigenvalue weighted by Crippen LogP contribution is -2.14. The minimum Gasteiger partial charge on any atom is -0.464 e. The average Bonchev–Trinajstić information content (AvgIpc) is 2.62. The maximum Gasteiger partial charge on any atom is 0.122 e. The van der Waals surface area contributed by atoms with Gasteiger partial charge in [0.05, 0.1) is 6.04 Å². The van der Waals surface area contributed by atoms with Gasteiger partial charge in [-0.15, -0.1) is 12.3 Å². The van der Waals surface area contributed by atoms with Gasteiger partial charge in [-0.25, -0.2) is 0 Å². The van der Waals surface area contributed by atoms with E-state index < -0.39 is 0 Å². The van der Waals surface area contributed by atoms with Gasteiger partial charge in [0.1, 0.15) is 11.5 Å². The van der Waals surface area contributed by atoms with Gasteiger partial charge >= 0.3 is 0 Å². The molecule has 0 spiro atoms. The molecule has 1 unspecified atom stereocenters. The molecule has 0 aliphatic rings. The Labute approximate surface area is 79.3 Å². The molecule has 0 bridgehead atoms. The number of aryl methyl sites for hydroxylation is 1. The first-order valence-corrected chi connectivity index (χ1v) is 4.51. The van der Waals surface area contributed by atoms with Gasteiger partial charge in [-0.3, -0.25) is 0 Å². The zero-order valence-corrected chi connectivity index (χ0v) is 8.13. The quantitative estimate of drug-likeness (QED) is 0.713. The molecule has 1 atom stereocenters. The van der Waals surface area contributed by atoms with Crippen molar-refractivity contribution in [3.63, 3.8) is 0 Å². The molecule has 0 fully saturated rings. The molecule has 0 saturated heterocycles. The summed E-state index contributed by atoms with van der Waals surface area (Å²) in [4.78, 5) is 0. The molecule has 0 amide bonds. The second-order valence-corrected chi connectivity index (χ2v) is 2.91. The van der Waals surface area contributed by atoms with E-state index in [2.05, 4.69) is 18.2 Å². The zero-order chi connectivity index (χ0) is 9.68. The number of hydrogen-bond donors (Lipinski definition) is 1. The van der Waals surface area contributed by atoms with Crippen molar-refractivity contribution < 1.29 is 4.42 Å². The van der Waals surface area contributed by atoms with E-state index in [-0.39, 0.29) is 6.04 Å². The van der Waals surface area contributed by atoms with E-state index in [4.69, 9.17) is 10.8 Å². The predicted molar refractivity (Wildman–Crippen MR) is 53.3 cm³/mol. The van der Waals surface area contributed by atoms with Gasteiger partial charge in [0.25, 0.3) is 0 Å². The third kappa shape index (κ3) is 2.37. The molecule has 0 radical (unpaired) electrons. The summed E-state index contributed by atoms with van der Waals surface area (Å²) in [6, 6.07) is 4.12. The Morgan fingerprint density at radius 2 is 2.38 bits per heavy atom. The lowest BCUT2D eigenvalue weighted by atomic mass is 10.1. The van der Waals surface area contributed by atoms with Gasteiger partial charge < -0.3 is 9.73 Å². The van der Waals surface area contributed by atoms with Crippen LogP contribution in [0.5, 0.6) is 0 Å². The number of furan rings is 1. The molecule has 70 valence electrons. The van der Waals surface area contributed by atoms with Crippen molar-refractivity contribution >= 4 is 0 Å². The Balaban J connectivity index is 2.74. The maximum atomic E-state index is 5.58. The second-order valence-electron chi connectivity index (χ2n) is 2.91. The second kappa shape index (κ2) is 4.74. The first-order valence-electron chi connectivity index (χ1n) is 4.51. The summed E-state index contributed by atoms with van der Waals surface area (Å²) in [5.41, 5.74) is 0. The minimum atomic E-state index is 0.144. The Bertz CT molecular complexity index is 295. The third-order valence-corrected chi connectivity index (χ3v) is 2.04. The summed E-state index contributed by atoms with van der Waals surface area (Å²) >= 11 is 0. The molecular weight excluding hydrogens is 162 g/mol. The molecule has 0 aliphatic carbocycles. The topological polar surface area (TPSA) is 25.2 Å². The SMILES string of the molecule is C#CCC(NC)c1ccc(CC)o1. The monoisotopic (exact) mass is 177 g/mol. The number of rotatable bonds is 4. The largest absolute Gasteiger partial charge is 0.464 e. The van der Waals surface area contributed by atoms with E-state index in [1.165, 1.54) is 0 Å². The van der Waals surface area contributed by atoms with Gasteiger partial charge in [-0.1, -0.05) is 6.92 Å². The van der Waals surface area contributed by atoms with E-state index in [1.54, 1.807) is 0 Å². The lowest BCUT2D eigenvalue weighted by molar-refractivity contribution is 0.412. The van der Waals surface area contributed by atoms with Crippen molar-refractivity contribution in [2.24, 2.45) is 0 Å². The van der Waals surface area contributed by atoms with Gasteiger partial charge in [0.15, 0.2) is 0 Å². The highest BCUT2D eigenvalue weighted by Crippen LogP contribution is 2.18. The highest BCUT2D eigenvalue weighted by molar-refractivity contribution is 5.12. The average molecular weight is 177 g/mol. The first kappa shape index (κ1) is 9.88. The van der Waals surface area contributed by atoms with E-state index in [1.807, 2.05) is 19.2 Å². The number of hydrogen-bond acceptors (Lipinski definition) is 2. The Kier molecular flexibility index (Phi) is 3.60. The van der Waals surface area contributed by atoms with Gasteiger partial charge in [-0.2, -0.15) is 0 Å². The predicted octanol–water partition coefficient (Wildman–Crippen LogP) is 2.13. The Morgan fingerprint density at radius 3 is 2.85 bits per heavy atom. The zero-order valence-electron chi connectivity index (χ0n) is 8.13. The number of nitrogens with one attached hydrogen (secondary N) is 1. The maximum absolute atomic E-state index is 5.58. The van der Waals surface area contributed by atoms with Crippen molar-refractivity contribution in [2.45, 2.75) is 25.8 Å². The molecule has 1 N–H and O–H groups in total. The molecular formula is C11H15NO. The fourth-order valence-corrected chi connectivity index (χ4v) is 1.23. The fourth-order valence-electron chi connectivity index (χ4n) is 1.23. The molecule has 1 heterocycles. The molecule has 13 heavy (non-hydrogen) atoms. The summed E-state index contributed by atoms with van der Waals surface area (Å²) in [6.07, 6.45) is 6.83. The van der Waals surface area contributed by atoms with E-state index in [0.717, 1.165) is 17.9 Å². The van der Waals surface area contributed by atoms with Gasteiger partial charge in [0.2, 0.25) is 0 Å².